The first-order valence-electron chi connectivity index (χ1n) is 7.93. The second-order valence-electron chi connectivity index (χ2n) is 5.66. The van der Waals surface area contributed by atoms with Crippen molar-refractivity contribution in [1.82, 2.24) is 4.98 Å². The molecule has 0 unspecified atom stereocenters. The molecule has 7 nitrogen and oxygen atoms in total. The summed E-state index contributed by atoms with van der Waals surface area (Å²) in [5.41, 5.74) is 2.30. The maximum Gasteiger partial charge on any atom is 0.411 e. The van der Waals surface area contributed by atoms with Gasteiger partial charge < -0.3 is 18.9 Å². The molecule has 0 atom stereocenters. The Balaban J connectivity index is 1.72. The lowest BCUT2D eigenvalue weighted by atomic mass is 10.1. The summed E-state index contributed by atoms with van der Waals surface area (Å²) in [4.78, 5) is 15.6. The number of aromatic nitrogens is 1. The lowest BCUT2D eigenvalue weighted by Gasteiger charge is -2.18. The number of cyclic esters (lactones) is 1. The van der Waals surface area contributed by atoms with E-state index < -0.39 is 6.09 Å². The van der Waals surface area contributed by atoms with Gasteiger partial charge in [0.25, 0.3) is 0 Å². The summed E-state index contributed by atoms with van der Waals surface area (Å²) < 4.78 is 21.7. The zero-order chi connectivity index (χ0) is 18.1. The van der Waals surface area contributed by atoms with Gasteiger partial charge in [-0.25, -0.2) is 4.79 Å². The van der Waals surface area contributed by atoms with Crippen molar-refractivity contribution in [2.75, 3.05) is 19.5 Å². The molecule has 2 heterocycles. The maximum atomic E-state index is 11.3. The molecule has 4 rings (SSSR count). The molecule has 2 aromatic carbocycles. The molecule has 1 N–H and O–H groups in total. The molecule has 132 valence electrons. The Morgan fingerprint density at radius 1 is 1.04 bits per heavy atom. The van der Waals surface area contributed by atoms with Gasteiger partial charge in [0.1, 0.15) is 18.1 Å². The number of ether oxygens (including phenoxy) is 4. The van der Waals surface area contributed by atoms with Crippen LogP contribution in [0.3, 0.4) is 0 Å². The topological polar surface area (TPSA) is 78.9 Å². The first kappa shape index (κ1) is 16.0. The summed E-state index contributed by atoms with van der Waals surface area (Å²) in [6.45, 7) is 0.209. The molecule has 0 bridgehead atoms. The van der Waals surface area contributed by atoms with Gasteiger partial charge in [0.15, 0.2) is 11.5 Å². The zero-order valence-electron chi connectivity index (χ0n) is 14.2. The standard InChI is InChI=1S/C19H16N2O5/c1-23-17-8-13-15(9-18(17)24-2)20-6-5-16(13)26-12-3-4-14-11(7-12)10-25-19(22)21-14/h3-9H,10H2,1-2H3,(H,21,22). The number of hydrogen-bond donors (Lipinski definition) is 1. The number of carbonyl (C=O) groups is 1. The van der Waals surface area contributed by atoms with Gasteiger partial charge in [-0.2, -0.15) is 0 Å². The van der Waals surface area contributed by atoms with Gasteiger partial charge in [-0.15, -0.1) is 0 Å². The second kappa shape index (κ2) is 6.44. The Bertz CT molecular complexity index is 1000. The number of nitrogens with one attached hydrogen (secondary N) is 1. The van der Waals surface area contributed by atoms with Crippen molar-refractivity contribution in [3.63, 3.8) is 0 Å². The predicted molar refractivity (Wildman–Crippen MR) is 95.2 cm³/mol. The first-order valence-corrected chi connectivity index (χ1v) is 7.93. The number of pyridine rings is 1. The van der Waals surface area contributed by atoms with E-state index in [0.717, 1.165) is 22.2 Å². The summed E-state index contributed by atoms with van der Waals surface area (Å²) in [5.74, 6) is 2.47. The van der Waals surface area contributed by atoms with Crippen molar-refractivity contribution < 1.29 is 23.7 Å². The molecule has 0 aliphatic carbocycles. The first-order chi connectivity index (χ1) is 12.7. The highest BCUT2D eigenvalue weighted by molar-refractivity contribution is 5.89. The van der Waals surface area contributed by atoms with E-state index in [2.05, 4.69) is 10.3 Å². The molecule has 0 saturated carbocycles. The third-order valence-electron chi connectivity index (χ3n) is 4.11. The van der Waals surface area contributed by atoms with Crippen molar-refractivity contribution in [2.24, 2.45) is 0 Å². The van der Waals surface area contributed by atoms with Crippen LogP contribution in [-0.2, 0) is 11.3 Å². The van der Waals surface area contributed by atoms with E-state index in [-0.39, 0.29) is 6.61 Å². The van der Waals surface area contributed by atoms with E-state index in [9.17, 15) is 4.79 Å². The Kier molecular flexibility index (Phi) is 3.96. The quantitative estimate of drug-likeness (QED) is 0.761. The third-order valence-corrected chi connectivity index (χ3v) is 4.11. The number of anilines is 1. The van der Waals surface area contributed by atoms with Crippen LogP contribution in [0.2, 0.25) is 0 Å². The molecule has 1 aliphatic rings. The van der Waals surface area contributed by atoms with Crippen LogP contribution >= 0.6 is 0 Å². The van der Waals surface area contributed by atoms with Gasteiger partial charge >= 0.3 is 6.09 Å². The number of methoxy groups -OCH3 is 2. The van der Waals surface area contributed by atoms with E-state index in [1.807, 2.05) is 12.1 Å². The molecule has 7 heteroatoms. The monoisotopic (exact) mass is 352 g/mol. The number of amides is 1. The molecular formula is C19H16N2O5. The van der Waals surface area contributed by atoms with Gasteiger partial charge in [0.2, 0.25) is 0 Å². The fourth-order valence-electron chi connectivity index (χ4n) is 2.83. The fourth-order valence-corrected chi connectivity index (χ4v) is 2.83. The Morgan fingerprint density at radius 3 is 2.65 bits per heavy atom. The van der Waals surface area contributed by atoms with Crippen molar-refractivity contribution in [2.45, 2.75) is 6.61 Å². The summed E-state index contributed by atoms with van der Waals surface area (Å²) in [7, 11) is 3.16. The minimum absolute atomic E-state index is 0.209. The lowest BCUT2D eigenvalue weighted by molar-refractivity contribution is 0.151. The van der Waals surface area contributed by atoms with E-state index >= 15 is 0 Å². The van der Waals surface area contributed by atoms with E-state index in [4.69, 9.17) is 18.9 Å². The highest BCUT2D eigenvalue weighted by atomic mass is 16.6. The summed E-state index contributed by atoms with van der Waals surface area (Å²) in [6.07, 6.45) is 1.22. The van der Waals surface area contributed by atoms with E-state index in [1.165, 1.54) is 0 Å². The SMILES string of the molecule is COc1cc2nccc(Oc3ccc4c(c3)COC(=O)N4)c2cc1OC. The van der Waals surface area contributed by atoms with Crippen LogP contribution in [0.1, 0.15) is 5.56 Å². The van der Waals surface area contributed by atoms with Crippen LogP contribution in [0.15, 0.2) is 42.6 Å². The Morgan fingerprint density at radius 2 is 1.85 bits per heavy atom. The average Bonchev–Trinajstić information content (AvgIpc) is 2.67. The average molecular weight is 352 g/mol. The van der Waals surface area contributed by atoms with Crippen LogP contribution in [0.25, 0.3) is 10.9 Å². The molecule has 1 amide bonds. The molecule has 1 aliphatic heterocycles. The second-order valence-corrected chi connectivity index (χ2v) is 5.66. The van der Waals surface area contributed by atoms with Crippen molar-refractivity contribution >= 4 is 22.7 Å². The molecule has 26 heavy (non-hydrogen) atoms. The van der Waals surface area contributed by atoms with Gasteiger partial charge in [-0.3, -0.25) is 10.3 Å². The van der Waals surface area contributed by atoms with Crippen molar-refractivity contribution in [3.8, 4) is 23.0 Å². The summed E-state index contributed by atoms with van der Waals surface area (Å²) in [6, 6.07) is 10.8. The number of hydrogen-bond acceptors (Lipinski definition) is 6. The van der Waals surface area contributed by atoms with Gasteiger partial charge in [0.05, 0.1) is 25.4 Å². The van der Waals surface area contributed by atoms with Gasteiger partial charge in [-0.1, -0.05) is 0 Å². The van der Waals surface area contributed by atoms with Crippen molar-refractivity contribution in [3.05, 3.63) is 48.2 Å². The minimum Gasteiger partial charge on any atom is -0.493 e. The molecular weight excluding hydrogens is 336 g/mol. The van der Waals surface area contributed by atoms with Crippen LogP contribution in [-0.4, -0.2) is 25.3 Å². The zero-order valence-corrected chi connectivity index (χ0v) is 14.2. The molecule has 0 radical (unpaired) electrons. The van der Waals surface area contributed by atoms with Gasteiger partial charge in [0, 0.05) is 23.2 Å². The normalized spacial score (nSPS) is 12.8. The van der Waals surface area contributed by atoms with Gasteiger partial charge in [-0.05, 0) is 30.3 Å². The molecule has 0 spiro atoms. The fraction of sp³-hybridized carbons (Fsp3) is 0.158. The molecule has 1 aromatic heterocycles. The van der Waals surface area contributed by atoms with Crippen LogP contribution in [0.4, 0.5) is 10.5 Å². The molecule has 0 saturated heterocycles. The Hall–Kier alpha value is -3.48. The summed E-state index contributed by atoms with van der Waals surface area (Å²) >= 11 is 0. The number of rotatable bonds is 4. The minimum atomic E-state index is -0.452. The van der Waals surface area contributed by atoms with Crippen molar-refractivity contribution in [1.29, 1.82) is 0 Å². The van der Waals surface area contributed by atoms with Crippen LogP contribution in [0.5, 0.6) is 23.0 Å². The highest BCUT2D eigenvalue weighted by Gasteiger charge is 2.17. The summed E-state index contributed by atoms with van der Waals surface area (Å²) in [5, 5.41) is 3.45. The lowest BCUT2D eigenvalue weighted by Crippen LogP contribution is -2.20. The predicted octanol–water partition coefficient (Wildman–Crippen LogP) is 4.11. The van der Waals surface area contributed by atoms with Crippen LogP contribution in [0, 0.1) is 0 Å². The van der Waals surface area contributed by atoms with E-state index in [0.29, 0.717) is 23.0 Å². The third kappa shape index (κ3) is 2.83. The Labute approximate surface area is 149 Å². The molecule has 0 fully saturated rings. The van der Waals surface area contributed by atoms with Crippen LogP contribution < -0.4 is 19.5 Å². The smallest absolute Gasteiger partial charge is 0.411 e. The number of nitrogens with zero attached hydrogens (tertiary/aromatic N) is 1. The number of carbonyl (C=O) groups excluding carboxylic acids is 1. The maximum absolute atomic E-state index is 11.3. The number of fused-ring (bicyclic) bond motifs is 2. The molecule has 3 aromatic rings. The largest absolute Gasteiger partial charge is 0.493 e. The number of benzene rings is 2. The highest BCUT2D eigenvalue weighted by Crippen LogP contribution is 2.37. The van der Waals surface area contributed by atoms with E-state index in [1.54, 1.807) is 44.7 Å².